The first-order valence-electron chi connectivity index (χ1n) is 34.0. The normalized spacial score (nSPS) is 11.1. The first-order valence-corrected chi connectivity index (χ1v) is 37.3. The van der Waals surface area contributed by atoms with Gasteiger partial charge in [0.25, 0.3) is 0 Å². The minimum Gasteiger partial charge on any atom is -0.443 e. The molecule has 5 N–H and O–H groups in total. The van der Waals surface area contributed by atoms with Crippen molar-refractivity contribution in [2.24, 2.45) is 0 Å². The van der Waals surface area contributed by atoms with Crippen LogP contribution in [0, 0.1) is 13.8 Å². The molecule has 16 rings (SSSR count). The van der Waals surface area contributed by atoms with Crippen LogP contribution in [0.4, 0.5) is 27.5 Å². The van der Waals surface area contributed by atoms with E-state index in [1.807, 2.05) is 288 Å². The molecule has 0 saturated carbocycles. The maximum atomic E-state index is 12.9. The Morgan fingerprint density at radius 1 is 0.430 bits per heavy atom. The third-order valence-corrected chi connectivity index (χ3v) is 19.2. The van der Waals surface area contributed by atoms with Crippen molar-refractivity contribution in [1.29, 1.82) is 0 Å². The number of imidazole rings is 4. The Morgan fingerprint density at radius 3 is 1.24 bits per heavy atom. The minimum absolute atomic E-state index is 0.0449. The highest BCUT2D eigenvalue weighted by molar-refractivity contribution is 9.10. The molecule has 8 aromatic carbocycles. The fourth-order valence-electron chi connectivity index (χ4n) is 11.7. The minimum atomic E-state index is -0.632. The van der Waals surface area contributed by atoms with Crippen LogP contribution in [0.15, 0.2) is 269 Å². The summed E-state index contributed by atoms with van der Waals surface area (Å²) in [6.45, 7) is 10.1. The molecule has 0 radical (unpaired) electrons. The van der Waals surface area contributed by atoms with Crippen molar-refractivity contribution < 1.29 is 28.7 Å². The number of carbonyl (C=O) groups is 5. The van der Waals surface area contributed by atoms with E-state index in [1.54, 1.807) is 35.9 Å². The summed E-state index contributed by atoms with van der Waals surface area (Å²) in [5, 5.41) is 16.5. The van der Waals surface area contributed by atoms with E-state index in [-0.39, 0.29) is 49.8 Å². The fraction of sp³-hybridized carbons (Fsp3) is 0.122. The molecule has 107 heavy (non-hydrogen) atoms. The van der Waals surface area contributed by atoms with Gasteiger partial charge in [0.05, 0.1) is 60.4 Å². The van der Waals surface area contributed by atoms with Crippen molar-refractivity contribution in [3.63, 3.8) is 0 Å². The van der Waals surface area contributed by atoms with Crippen molar-refractivity contribution in [3.8, 4) is 44.6 Å². The first kappa shape index (κ1) is 73.2. The van der Waals surface area contributed by atoms with Gasteiger partial charge in [0, 0.05) is 55.7 Å². The SMILES string of the molecule is Cc1ccc(NC(=O)Cn2c(-c3ccc[nH]3)nc3ccccc32)cc1.Cc1ccc(NC(=O)Cn2c(-c3cccn3C(=O)OC(C)(C)C)nc3ccccc32)cc1.O=C(Cn1c(-c2cccs2)nc2ccccc21)Nc1ccc(Br)cc1.O=C(Cn1c(-c2nccs2)nc2ccccc21)Nc1ccc(Br)cc1. The number of thiazole rings is 1. The lowest BCUT2D eigenvalue weighted by Gasteiger charge is -2.20. The Morgan fingerprint density at radius 2 is 0.832 bits per heavy atom. The summed E-state index contributed by atoms with van der Waals surface area (Å²) in [4.78, 5) is 90.6. The van der Waals surface area contributed by atoms with Gasteiger partial charge in [-0.15, -0.1) is 22.7 Å². The lowest BCUT2D eigenvalue weighted by atomic mass is 10.2. The van der Waals surface area contributed by atoms with Gasteiger partial charge in [0.1, 0.15) is 31.8 Å². The first-order chi connectivity index (χ1) is 51.8. The molecule has 0 atom stereocenters. The number of benzene rings is 8. The topological polar surface area (TPSA) is 248 Å². The molecular weight excluding hydrogens is 1510 g/mol. The molecule has 0 spiro atoms. The Kier molecular flexibility index (Phi) is 22.8. The molecule has 536 valence electrons. The average molecular weight is 1590 g/mol. The molecule has 0 unspecified atom stereocenters. The second-order valence-corrected chi connectivity index (χ2v) is 29.3. The number of amides is 4. The van der Waals surface area contributed by atoms with E-state index >= 15 is 0 Å². The van der Waals surface area contributed by atoms with E-state index < -0.39 is 11.7 Å². The van der Waals surface area contributed by atoms with Crippen LogP contribution in [0.2, 0.25) is 0 Å². The van der Waals surface area contributed by atoms with E-state index in [4.69, 9.17) is 14.7 Å². The number of carbonyl (C=O) groups excluding carboxylic acids is 5. The van der Waals surface area contributed by atoms with Crippen molar-refractivity contribution in [3.05, 3.63) is 280 Å². The van der Waals surface area contributed by atoms with E-state index in [0.29, 0.717) is 17.3 Å². The second-order valence-electron chi connectivity index (χ2n) is 25.6. The van der Waals surface area contributed by atoms with Gasteiger partial charge in [-0.05, 0) is 192 Å². The lowest BCUT2D eigenvalue weighted by Crippen LogP contribution is -2.27. The van der Waals surface area contributed by atoms with Crippen molar-refractivity contribution in [2.75, 3.05) is 21.3 Å². The van der Waals surface area contributed by atoms with Gasteiger partial charge >= 0.3 is 6.09 Å². The number of anilines is 4. The summed E-state index contributed by atoms with van der Waals surface area (Å²) in [6.07, 6.45) is 4.73. The number of thiophene rings is 1. The number of aromatic amines is 1. The third-order valence-electron chi connectivity index (χ3n) is 16.5. The summed E-state index contributed by atoms with van der Waals surface area (Å²) in [6, 6.07) is 73.0. The molecule has 21 nitrogen and oxygen atoms in total. The van der Waals surface area contributed by atoms with Gasteiger partial charge in [-0.2, -0.15) is 0 Å². The Bertz CT molecular complexity index is 5360. The summed E-state index contributed by atoms with van der Waals surface area (Å²) >= 11 is 9.91. The molecule has 8 heterocycles. The molecule has 25 heteroatoms. The highest BCUT2D eigenvalue weighted by atomic mass is 79.9. The molecule has 0 bridgehead atoms. The summed E-state index contributed by atoms with van der Waals surface area (Å²) in [5.74, 6) is 2.34. The van der Waals surface area contributed by atoms with Crippen LogP contribution < -0.4 is 21.3 Å². The predicted octanol–water partition coefficient (Wildman–Crippen LogP) is 18.9. The maximum absolute atomic E-state index is 12.9. The zero-order valence-corrected chi connectivity index (χ0v) is 63.5. The van der Waals surface area contributed by atoms with E-state index in [9.17, 15) is 24.0 Å². The van der Waals surface area contributed by atoms with Gasteiger partial charge in [-0.25, -0.2) is 34.3 Å². The van der Waals surface area contributed by atoms with Crippen LogP contribution in [-0.2, 0) is 50.1 Å². The standard InChI is InChI=1S/C25H26N4O3.C20H18N4O.C19H14BrN3OS.C18H13BrN4OS/c1-17-11-13-18(14-12-17)26-22(30)16-29-20-9-6-5-8-19(20)27-23(29)21-10-7-15-28(21)24(31)32-25(2,3)4;1-14-8-10-15(11-9-14)22-19(25)13-24-18-7-3-2-5-16(18)23-20(24)17-6-4-12-21-17;20-13-7-9-14(10-8-13)21-18(24)12-23-16-5-2-1-4-15(16)22-19(23)17-6-3-11-25-17;19-12-5-7-13(8-6-12)21-16(24)11-23-15-4-2-1-3-14(15)22-17(23)18-20-9-10-25-18/h5-15H,16H2,1-4H3,(H,26,30);2-12,21H,13H2,1H3,(H,22,25);1-11H,12H2,(H,21,24);1-10H,11H2,(H,21,24). The van der Waals surface area contributed by atoms with Crippen LogP contribution in [-0.4, -0.2) is 88.1 Å². The number of fused-ring (bicyclic) bond motifs is 4. The van der Waals surface area contributed by atoms with E-state index in [0.717, 1.165) is 114 Å². The number of nitrogens with zero attached hydrogens (tertiary/aromatic N) is 10. The molecule has 0 aliphatic rings. The monoisotopic (exact) mass is 1580 g/mol. The Balaban J connectivity index is 0.000000127. The molecule has 8 aromatic heterocycles. The van der Waals surface area contributed by atoms with Crippen LogP contribution in [0.5, 0.6) is 0 Å². The van der Waals surface area contributed by atoms with Crippen molar-refractivity contribution in [1.82, 2.24) is 52.7 Å². The van der Waals surface area contributed by atoms with Gasteiger partial charge in [-0.1, -0.05) is 122 Å². The predicted molar refractivity (Wildman–Crippen MR) is 433 cm³/mol. The second kappa shape index (κ2) is 33.3. The Hall–Kier alpha value is -12.2. The molecule has 0 aliphatic heterocycles. The lowest BCUT2D eigenvalue weighted by molar-refractivity contribution is -0.117. The smallest absolute Gasteiger partial charge is 0.419 e. The third kappa shape index (κ3) is 18.3. The summed E-state index contributed by atoms with van der Waals surface area (Å²) < 4.78 is 16.5. The molecule has 0 aliphatic carbocycles. The van der Waals surface area contributed by atoms with Gasteiger partial charge < -0.3 is 49.3 Å². The quantitative estimate of drug-likeness (QED) is 0.0609. The summed E-state index contributed by atoms with van der Waals surface area (Å²) in [7, 11) is 0. The molecular formula is C82H71Br2N15O6S2. The highest BCUT2D eigenvalue weighted by Gasteiger charge is 2.25. The number of aryl methyl sites for hydroxylation is 2. The van der Waals surface area contributed by atoms with E-state index in [2.05, 4.69) is 73.1 Å². The zero-order valence-electron chi connectivity index (χ0n) is 58.6. The van der Waals surface area contributed by atoms with Gasteiger partial charge in [0.15, 0.2) is 28.3 Å². The molecule has 4 amide bonds. The number of rotatable bonds is 16. The Labute approximate surface area is 640 Å². The number of H-pyrrole nitrogens is 1. The molecule has 0 fully saturated rings. The maximum Gasteiger partial charge on any atom is 0.419 e. The average Bonchev–Trinajstić information content (AvgIpc) is 1.65. The van der Waals surface area contributed by atoms with Crippen LogP contribution in [0.25, 0.3) is 88.7 Å². The van der Waals surface area contributed by atoms with Gasteiger partial charge in [-0.3, -0.25) is 19.2 Å². The summed E-state index contributed by atoms with van der Waals surface area (Å²) in [5.41, 5.74) is 13.1. The van der Waals surface area contributed by atoms with Crippen LogP contribution in [0.3, 0.4) is 0 Å². The number of hydrogen-bond donors (Lipinski definition) is 5. The number of nitrogens with one attached hydrogen (secondary N) is 5. The van der Waals surface area contributed by atoms with Crippen LogP contribution in [0.1, 0.15) is 31.9 Å². The zero-order chi connectivity index (χ0) is 74.6. The number of halogens is 2. The molecule has 0 saturated heterocycles. The largest absolute Gasteiger partial charge is 0.443 e. The fourth-order valence-corrected chi connectivity index (χ4v) is 13.5. The number of hydrogen-bond acceptors (Lipinski definition) is 13. The number of aromatic nitrogens is 11. The van der Waals surface area contributed by atoms with Crippen molar-refractivity contribution >= 4 is 151 Å². The van der Waals surface area contributed by atoms with Crippen LogP contribution >= 0.6 is 54.5 Å². The highest BCUT2D eigenvalue weighted by Crippen LogP contribution is 2.32. The number of para-hydroxylation sites is 8. The number of ether oxygens (including phenoxy) is 1. The van der Waals surface area contributed by atoms with Crippen molar-refractivity contribution in [2.45, 2.75) is 66.4 Å². The molecule has 16 aromatic rings. The van der Waals surface area contributed by atoms with Gasteiger partial charge in [0.2, 0.25) is 23.6 Å². The van der Waals surface area contributed by atoms with E-state index in [1.165, 1.54) is 15.9 Å².